The summed E-state index contributed by atoms with van der Waals surface area (Å²) < 4.78 is 5.36. The first-order valence-electron chi connectivity index (χ1n) is 6.36. The second-order valence-electron chi connectivity index (χ2n) is 4.93. The SMILES string of the molecule is CC1COCCC1NC(=O)Cc1ccc(N)cc1. The molecule has 18 heavy (non-hydrogen) atoms. The van der Waals surface area contributed by atoms with Gasteiger partial charge >= 0.3 is 0 Å². The van der Waals surface area contributed by atoms with Crippen molar-refractivity contribution in [2.75, 3.05) is 18.9 Å². The maximum atomic E-state index is 11.9. The predicted octanol–water partition coefficient (Wildman–Crippen LogP) is 1.35. The first-order chi connectivity index (χ1) is 8.65. The molecule has 98 valence electrons. The van der Waals surface area contributed by atoms with Gasteiger partial charge in [0.25, 0.3) is 0 Å². The minimum atomic E-state index is 0.0681. The smallest absolute Gasteiger partial charge is 0.224 e. The van der Waals surface area contributed by atoms with Crippen molar-refractivity contribution in [2.24, 2.45) is 5.92 Å². The summed E-state index contributed by atoms with van der Waals surface area (Å²) in [4.78, 5) is 11.9. The van der Waals surface area contributed by atoms with Gasteiger partial charge in [-0.3, -0.25) is 4.79 Å². The monoisotopic (exact) mass is 248 g/mol. The van der Waals surface area contributed by atoms with Crippen LogP contribution in [0.15, 0.2) is 24.3 Å². The second-order valence-corrected chi connectivity index (χ2v) is 4.93. The van der Waals surface area contributed by atoms with E-state index in [0.29, 0.717) is 12.3 Å². The lowest BCUT2D eigenvalue weighted by molar-refractivity contribution is -0.122. The van der Waals surface area contributed by atoms with Gasteiger partial charge in [0, 0.05) is 18.3 Å². The lowest BCUT2D eigenvalue weighted by atomic mass is 9.97. The topological polar surface area (TPSA) is 64.3 Å². The van der Waals surface area contributed by atoms with E-state index < -0.39 is 0 Å². The summed E-state index contributed by atoms with van der Waals surface area (Å²) in [6.45, 7) is 3.57. The number of rotatable bonds is 3. The number of carbonyl (C=O) groups is 1. The number of carbonyl (C=O) groups excluding carboxylic acids is 1. The molecule has 0 radical (unpaired) electrons. The van der Waals surface area contributed by atoms with E-state index >= 15 is 0 Å². The summed E-state index contributed by atoms with van der Waals surface area (Å²) in [7, 11) is 0. The van der Waals surface area contributed by atoms with Crippen molar-refractivity contribution < 1.29 is 9.53 Å². The second kappa shape index (κ2) is 5.87. The van der Waals surface area contributed by atoms with Crippen LogP contribution in [0.2, 0.25) is 0 Å². The molecule has 1 aliphatic rings. The Hall–Kier alpha value is -1.55. The number of nitrogens with one attached hydrogen (secondary N) is 1. The Bertz CT molecular complexity index is 403. The van der Waals surface area contributed by atoms with Crippen LogP contribution in [0.1, 0.15) is 18.9 Å². The molecule has 1 amide bonds. The van der Waals surface area contributed by atoms with Gasteiger partial charge in [-0.2, -0.15) is 0 Å². The van der Waals surface area contributed by atoms with E-state index in [-0.39, 0.29) is 11.9 Å². The third-order valence-corrected chi connectivity index (χ3v) is 3.33. The van der Waals surface area contributed by atoms with Gasteiger partial charge in [-0.1, -0.05) is 19.1 Å². The zero-order valence-electron chi connectivity index (χ0n) is 10.7. The maximum absolute atomic E-state index is 11.9. The number of anilines is 1. The van der Waals surface area contributed by atoms with Crippen molar-refractivity contribution in [1.82, 2.24) is 5.32 Å². The van der Waals surface area contributed by atoms with Crippen LogP contribution in [0.3, 0.4) is 0 Å². The predicted molar refractivity (Wildman–Crippen MR) is 71.1 cm³/mol. The van der Waals surface area contributed by atoms with Gasteiger partial charge in [0.2, 0.25) is 5.91 Å². The van der Waals surface area contributed by atoms with E-state index in [1.165, 1.54) is 0 Å². The molecule has 1 heterocycles. The lowest BCUT2D eigenvalue weighted by Crippen LogP contribution is -2.44. The molecule has 0 aromatic heterocycles. The van der Waals surface area contributed by atoms with E-state index in [9.17, 15) is 4.79 Å². The Morgan fingerprint density at radius 2 is 2.17 bits per heavy atom. The molecule has 0 spiro atoms. The van der Waals surface area contributed by atoms with Crippen LogP contribution in [-0.2, 0) is 16.0 Å². The van der Waals surface area contributed by atoms with Gasteiger partial charge in [-0.15, -0.1) is 0 Å². The summed E-state index contributed by atoms with van der Waals surface area (Å²) >= 11 is 0. The van der Waals surface area contributed by atoms with Crippen molar-refractivity contribution in [3.8, 4) is 0 Å². The first-order valence-corrected chi connectivity index (χ1v) is 6.36. The summed E-state index contributed by atoms with van der Waals surface area (Å²) in [6.07, 6.45) is 1.30. The zero-order chi connectivity index (χ0) is 13.0. The van der Waals surface area contributed by atoms with E-state index in [1.54, 1.807) is 0 Å². The highest BCUT2D eigenvalue weighted by Crippen LogP contribution is 2.14. The van der Waals surface area contributed by atoms with Crippen LogP contribution in [0.4, 0.5) is 5.69 Å². The van der Waals surface area contributed by atoms with Crippen LogP contribution in [0, 0.1) is 5.92 Å². The number of ether oxygens (including phenoxy) is 1. The fourth-order valence-corrected chi connectivity index (χ4v) is 2.17. The van der Waals surface area contributed by atoms with Crippen molar-refractivity contribution in [3.05, 3.63) is 29.8 Å². The molecule has 4 nitrogen and oxygen atoms in total. The van der Waals surface area contributed by atoms with Gasteiger partial charge in [0.15, 0.2) is 0 Å². The molecule has 2 unspecified atom stereocenters. The van der Waals surface area contributed by atoms with Gasteiger partial charge in [0.05, 0.1) is 13.0 Å². The third kappa shape index (κ3) is 3.47. The number of hydrogen-bond acceptors (Lipinski definition) is 3. The third-order valence-electron chi connectivity index (χ3n) is 3.33. The number of hydrogen-bond donors (Lipinski definition) is 2. The molecule has 1 saturated heterocycles. The Labute approximate surface area is 108 Å². The van der Waals surface area contributed by atoms with E-state index in [4.69, 9.17) is 10.5 Å². The fourth-order valence-electron chi connectivity index (χ4n) is 2.17. The molecular formula is C14H20N2O2. The maximum Gasteiger partial charge on any atom is 0.224 e. The molecule has 0 saturated carbocycles. The number of amides is 1. The van der Waals surface area contributed by atoms with Gasteiger partial charge in [-0.05, 0) is 30.0 Å². The Balaban J connectivity index is 1.86. The van der Waals surface area contributed by atoms with Crippen molar-refractivity contribution >= 4 is 11.6 Å². The Kier molecular flexibility index (Phi) is 4.20. The molecule has 2 atom stereocenters. The standard InChI is InChI=1S/C14H20N2O2/c1-10-9-18-7-6-13(10)16-14(17)8-11-2-4-12(15)5-3-11/h2-5,10,13H,6-9,15H2,1H3,(H,16,17). The van der Waals surface area contributed by atoms with Crippen LogP contribution in [0.25, 0.3) is 0 Å². The Morgan fingerprint density at radius 3 is 2.83 bits per heavy atom. The molecule has 1 aromatic rings. The average molecular weight is 248 g/mol. The van der Waals surface area contributed by atoms with Gasteiger partial charge in [-0.25, -0.2) is 0 Å². The fraction of sp³-hybridized carbons (Fsp3) is 0.500. The Morgan fingerprint density at radius 1 is 1.44 bits per heavy atom. The highest BCUT2D eigenvalue weighted by atomic mass is 16.5. The van der Waals surface area contributed by atoms with Crippen LogP contribution >= 0.6 is 0 Å². The number of benzene rings is 1. The van der Waals surface area contributed by atoms with E-state index in [1.807, 2.05) is 24.3 Å². The lowest BCUT2D eigenvalue weighted by Gasteiger charge is -2.29. The summed E-state index contributed by atoms with van der Waals surface area (Å²) in [5.41, 5.74) is 7.32. The van der Waals surface area contributed by atoms with Crippen molar-refractivity contribution in [1.29, 1.82) is 0 Å². The summed E-state index contributed by atoms with van der Waals surface area (Å²) in [5.74, 6) is 0.452. The molecule has 2 rings (SSSR count). The van der Waals surface area contributed by atoms with Crippen LogP contribution in [0.5, 0.6) is 0 Å². The normalized spacial score (nSPS) is 23.6. The first kappa shape index (κ1) is 12.9. The van der Waals surface area contributed by atoms with Crippen LogP contribution in [-0.4, -0.2) is 25.2 Å². The molecule has 3 N–H and O–H groups in total. The highest BCUT2D eigenvalue weighted by Gasteiger charge is 2.23. The number of nitrogen functional groups attached to an aromatic ring is 1. The molecule has 4 heteroatoms. The minimum Gasteiger partial charge on any atom is -0.399 e. The van der Waals surface area contributed by atoms with E-state index in [2.05, 4.69) is 12.2 Å². The quantitative estimate of drug-likeness (QED) is 0.794. The highest BCUT2D eigenvalue weighted by molar-refractivity contribution is 5.79. The molecule has 0 bridgehead atoms. The minimum absolute atomic E-state index is 0.0681. The number of nitrogens with two attached hydrogens (primary N) is 1. The van der Waals surface area contributed by atoms with Gasteiger partial charge < -0.3 is 15.8 Å². The molecule has 1 fully saturated rings. The largest absolute Gasteiger partial charge is 0.399 e. The molecule has 1 aliphatic heterocycles. The van der Waals surface area contributed by atoms with Crippen molar-refractivity contribution in [2.45, 2.75) is 25.8 Å². The zero-order valence-corrected chi connectivity index (χ0v) is 10.7. The molecule has 0 aliphatic carbocycles. The average Bonchev–Trinajstić information content (AvgIpc) is 2.35. The van der Waals surface area contributed by atoms with Crippen molar-refractivity contribution in [3.63, 3.8) is 0 Å². The molecule has 1 aromatic carbocycles. The summed E-state index contributed by atoms with van der Waals surface area (Å²) in [5, 5.41) is 3.08. The van der Waals surface area contributed by atoms with E-state index in [0.717, 1.165) is 30.9 Å². The van der Waals surface area contributed by atoms with Gasteiger partial charge in [0.1, 0.15) is 0 Å². The van der Waals surface area contributed by atoms with Crippen LogP contribution < -0.4 is 11.1 Å². The molecular weight excluding hydrogens is 228 g/mol. The summed E-state index contributed by atoms with van der Waals surface area (Å²) in [6, 6.07) is 7.66.